The van der Waals surface area contributed by atoms with Crippen LogP contribution in [0.4, 0.5) is 13.2 Å². The second-order valence-corrected chi connectivity index (χ2v) is 9.55. The quantitative estimate of drug-likeness (QED) is 0.411. The van der Waals surface area contributed by atoms with E-state index in [0.717, 1.165) is 5.56 Å². The van der Waals surface area contributed by atoms with Gasteiger partial charge in [-0.15, -0.1) is 0 Å². The van der Waals surface area contributed by atoms with Gasteiger partial charge in [-0.25, -0.2) is 9.97 Å². The summed E-state index contributed by atoms with van der Waals surface area (Å²) in [6, 6.07) is 10.1. The van der Waals surface area contributed by atoms with Gasteiger partial charge in [-0.1, -0.05) is 12.1 Å². The molecule has 11 heteroatoms. The average Bonchev–Trinajstić information content (AvgIpc) is 3.20. The number of halogens is 3. The van der Waals surface area contributed by atoms with Gasteiger partial charge in [0.05, 0.1) is 18.2 Å². The molecule has 0 radical (unpaired) electrons. The number of nitrogens with zero attached hydrogens (tertiary/aromatic N) is 4. The molecule has 3 saturated carbocycles. The predicted octanol–water partition coefficient (Wildman–Crippen LogP) is 2.81. The molecule has 4 aromatic heterocycles. The van der Waals surface area contributed by atoms with Gasteiger partial charge in [0.25, 0.3) is 11.5 Å². The zero-order valence-electron chi connectivity index (χ0n) is 19.1. The second-order valence-electron chi connectivity index (χ2n) is 9.55. The van der Waals surface area contributed by atoms with E-state index in [0.29, 0.717) is 36.5 Å². The number of amides is 1. The normalized spacial score (nSPS) is 22.9. The van der Waals surface area contributed by atoms with Gasteiger partial charge in [0.2, 0.25) is 0 Å². The Morgan fingerprint density at radius 1 is 1.06 bits per heavy atom. The zero-order valence-corrected chi connectivity index (χ0v) is 19.1. The number of imidazole rings is 1. The standard InChI is InChI=1S/C25H23F3N6O2/c26-25(27,28)23-16-7-17(23)18(16)11-29-9-14-4-5-20-31-15(13-33(20)12-14)10-30-24(36)19-8-22(35)34-6-2-1-3-21(34)32-19/h1-6,8,12-13,16-18,23,29H,7,9-11H2,(H,30,36). The summed E-state index contributed by atoms with van der Waals surface area (Å²) in [6.07, 6.45) is 1.94. The van der Waals surface area contributed by atoms with Crippen LogP contribution in [0.2, 0.25) is 0 Å². The van der Waals surface area contributed by atoms with Crippen molar-refractivity contribution < 1.29 is 18.0 Å². The molecule has 2 bridgehead atoms. The monoisotopic (exact) mass is 496 g/mol. The predicted molar refractivity (Wildman–Crippen MR) is 124 cm³/mol. The Kier molecular flexibility index (Phi) is 5.32. The van der Waals surface area contributed by atoms with Crippen LogP contribution in [0.1, 0.15) is 28.2 Å². The van der Waals surface area contributed by atoms with Crippen molar-refractivity contribution in [2.24, 2.45) is 23.7 Å². The van der Waals surface area contributed by atoms with Crippen LogP contribution in [0.3, 0.4) is 0 Å². The maximum Gasteiger partial charge on any atom is 0.392 e. The molecule has 2 atom stereocenters. The van der Waals surface area contributed by atoms with E-state index in [4.69, 9.17) is 0 Å². The van der Waals surface area contributed by atoms with E-state index in [9.17, 15) is 22.8 Å². The Morgan fingerprint density at radius 2 is 1.89 bits per heavy atom. The number of hydrogen-bond acceptors (Lipinski definition) is 5. The molecule has 1 amide bonds. The molecule has 4 heterocycles. The summed E-state index contributed by atoms with van der Waals surface area (Å²) in [4.78, 5) is 33.5. The number of rotatable bonds is 7. The Morgan fingerprint density at radius 3 is 2.67 bits per heavy atom. The summed E-state index contributed by atoms with van der Waals surface area (Å²) < 4.78 is 41.9. The first-order chi connectivity index (χ1) is 17.3. The number of hydrogen-bond donors (Lipinski definition) is 2. The van der Waals surface area contributed by atoms with Gasteiger partial charge in [-0.05, 0) is 54.5 Å². The van der Waals surface area contributed by atoms with Crippen molar-refractivity contribution in [1.29, 1.82) is 0 Å². The van der Waals surface area contributed by atoms with E-state index in [-0.39, 0.29) is 35.6 Å². The molecule has 0 aromatic carbocycles. The fourth-order valence-electron chi connectivity index (χ4n) is 5.47. The second kappa shape index (κ2) is 8.44. The number of carbonyl (C=O) groups is 1. The fourth-order valence-corrected chi connectivity index (χ4v) is 5.47. The summed E-state index contributed by atoms with van der Waals surface area (Å²) in [5, 5.41) is 6.04. The number of carbonyl (C=O) groups excluding carboxylic acids is 1. The van der Waals surface area contributed by atoms with Crippen LogP contribution in [0.5, 0.6) is 0 Å². The maximum atomic E-state index is 12.9. The lowest BCUT2D eigenvalue weighted by Gasteiger charge is -2.65. The Hall–Kier alpha value is -3.73. The molecule has 0 aliphatic heterocycles. The first-order valence-corrected chi connectivity index (χ1v) is 11.8. The summed E-state index contributed by atoms with van der Waals surface area (Å²) in [7, 11) is 0. The minimum atomic E-state index is -4.06. The molecular formula is C25H23F3N6O2. The summed E-state index contributed by atoms with van der Waals surface area (Å²) in [6.45, 7) is 1.30. The van der Waals surface area contributed by atoms with Crippen LogP contribution in [-0.4, -0.2) is 37.4 Å². The zero-order chi connectivity index (χ0) is 25.0. The van der Waals surface area contributed by atoms with E-state index in [2.05, 4.69) is 20.6 Å². The van der Waals surface area contributed by atoms with Gasteiger partial charge in [0.15, 0.2) is 0 Å². The van der Waals surface area contributed by atoms with Crippen molar-refractivity contribution in [3.63, 3.8) is 0 Å². The van der Waals surface area contributed by atoms with Crippen LogP contribution in [0.15, 0.2) is 59.8 Å². The van der Waals surface area contributed by atoms with Crippen LogP contribution in [-0.2, 0) is 13.1 Å². The first-order valence-electron chi connectivity index (χ1n) is 11.8. The molecule has 0 spiro atoms. The largest absolute Gasteiger partial charge is 0.392 e. The van der Waals surface area contributed by atoms with E-state index < -0.39 is 18.0 Å². The number of nitrogens with one attached hydrogen (secondary N) is 2. The molecule has 2 unspecified atom stereocenters. The van der Waals surface area contributed by atoms with E-state index >= 15 is 0 Å². The van der Waals surface area contributed by atoms with Crippen LogP contribution < -0.4 is 16.2 Å². The SMILES string of the molecule is O=C(NCc1cn2cc(CNCC3C4CC3C4C(F)(F)F)ccc2n1)c1cc(=O)n2ccccc2n1. The third-order valence-electron chi connectivity index (χ3n) is 7.45. The van der Waals surface area contributed by atoms with Crippen molar-refractivity contribution in [1.82, 2.24) is 29.4 Å². The minimum Gasteiger partial charge on any atom is -0.345 e. The highest BCUT2D eigenvalue weighted by Crippen LogP contribution is 2.67. The molecule has 3 aliphatic rings. The summed E-state index contributed by atoms with van der Waals surface area (Å²) >= 11 is 0. The topological polar surface area (TPSA) is 92.8 Å². The average molecular weight is 496 g/mol. The van der Waals surface area contributed by atoms with E-state index in [1.54, 1.807) is 30.6 Å². The Balaban J connectivity index is 1.04. The van der Waals surface area contributed by atoms with Crippen molar-refractivity contribution in [2.75, 3.05) is 6.54 Å². The third-order valence-corrected chi connectivity index (χ3v) is 7.45. The van der Waals surface area contributed by atoms with Gasteiger partial charge in [-0.3, -0.25) is 14.0 Å². The smallest absolute Gasteiger partial charge is 0.345 e. The van der Waals surface area contributed by atoms with Crippen LogP contribution >= 0.6 is 0 Å². The van der Waals surface area contributed by atoms with Crippen molar-refractivity contribution in [3.8, 4) is 0 Å². The van der Waals surface area contributed by atoms with Crippen molar-refractivity contribution in [3.05, 3.63) is 82.3 Å². The van der Waals surface area contributed by atoms with Crippen molar-refractivity contribution >= 4 is 17.2 Å². The molecule has 3 fully saturated rings. The van der Waals surface area contributed by atoms with Gasteiger partial charge in [-0.2, -0.15) is 13.2 Å². The molecule has 186 valence electrons. The van der Waals surface area contributed by atoms with Gasteiger partial charge >= 0.3 is 6.18 Å². The van der Waals surface area contributed by atoms with E-state index in [1.807, 2.05) is 22.7 Å². The minimum absolute atomic E-state index is 0.0361. The fraction of sp³-hybridized carbons (Fsp3) is 0.360. The lowest BCUT2D eigenvalue weighted by atomic mass is 9.41. The number of pyridine rings is 2. The highest BCUT2D eigenvalue weighted by Gasteiger charge is 2.69. The molecule has 36 heavy (non-hydrogen) atoms. The van der Waals surface area contributed by atoms with Crippen LogP contribution in [0.25, 0.3) is 11.3 Å². The first kappa shape index (κ1) is 22.7. The lowest BCUT2D eigenvalue weighted by Crippen LogP contribution is -2.66. The third kappa shape index (κ3) is 3.93. The lowest BCUT2D eigenvalue weighted by molar-refractivity contribution is -0.313. The summed E-state index contributed by atoms with van der Waals surface area (Å²) in [5.41, 5.74) is 2.41. The molecule has 8 nitrogen and oxygen atoms in total. The Labute approximate surface area is 203 Å². The molecular weight excluding hydrogens is 473 g/mol. The number of aromatic nitrogens is 4. The molecule has 0 saturated heterocycles. The van der Waals surface area contributed by atoms with Gasteiger partial charge in [0, 0.05) is 31.2 Å². The highest BCUT2D eigenvalue weighted by molar-refractivity contribution is 5.92. The van der Waals surface area contributed by atoms with Crippen molar-refractivity contribution in [2.45, 2.75) is 25.7 Å². The summed E-state index contributed by atoms with van der Waals surface area (Å²) in [5.74, 6) is -1.89. The van der Waals surface area contributed by atoms with E-state index in [1.165, 1.54) is 10.5 Å². The molecule has 3 aliphatic carbocycles. The van der Waals surface area contributed by atoms with Gasteiger partial charge in [0.1, 0.15) is 17.0 Å². The molecule has 2 N–H and O–H groups in total. The Bertz CT molecular complexity index is 1520. The highest BCUT2D eigenvalue weighted by atomic mass is 19.4. The number of fused-ring (bicyclic) bond motifs is 2. The molecule has 7 rings (SSSR count). The van der Waals surface area contributed by atoms with Gasteiger partial charge < -0.3 is 15.0 Å². The van der Waals surface area contributed by atoms with Crippen LogP contribution in [0, 0.1) is 23.7 Å². The molecule has 4 aromatic rings. The number of alkyl halides is 3. The maximum absolute atomic E-state index is 12.9.